The number of esters is 3. The van der Waals surface area contributed by atoms with Gasteiger partial charge in [-0.2, -0.15) is 0 Å². The number of carbonyl (C=O) groups is 4. The van der Waals surface area contributed by atoms with Crippen LogP contribution in [-0.4, -0.2) is 142 Å². The van der Waals surface area contributed by atoms with Crippen molar-refractivity contribution in [1.82, 2.24) is 34.9 Å². The van der Waals surface area contributed by atoms with Gasteiger partial charge in [0.1, 0.15) is 89.0 Å². The van der Waals surface area contributed by atoms with Crippen LogP contribution < -0.4 is 18.9 Å². The number of aliphatic hydroxyl groups excluding tert-OH is 3. The minimum atomic E-state index is -3.28. The van der Waals surface area contributed by atoms with Gasteiger partial charge in [0, 0.05) is 62.5 Å². The van der Waals surface area contributed by atoms with Crippen molar-refractivity contribution in [3.63, 3.8) is 0 Å². The lowest BCUT2D eigenvalue weighted by Crippen LogP contribution is -2.12. The van der Waals surface area contributed by atoms with Gasteiger partial charge in [0.05, 0.1) is 76.4 Å². The largest absolute Gasteiger partial charge is 0.506 e. The Morgan fingerprint density at radius 1 is 0.459 bits per heavy atom. The first-order valence-corrected chi connectivity index (χ1v) is 37.4. The summed E-state index contributed by atoms with van der Waals surface area (Å²) in [6, 6.07) is 53.7. The number of aromatic nitrogens is 7. The van der Waals surface area contributed by atoms with Gasteiger partial charge in [-0.1, -0.05) is 91.0 Å². The van der Waals surface area contributed by atoms with E-state index in [4.69, 9.17) is 57.9 Å². The average molecular weight is 1540 g/mol. The summed E-state index contributed by atoms with van der Waals surface area (Å²) in [5, 5.41) is 53.5. The monoisotopic (exact) mass is 1540 g/mol. The highest BCUT2D eigenvalue weighted by molar-refractivity contribution is 7.54. The summed E-state index contributed by atoms with van der Waals surface area (Å²) in [5.41, 5.74) is 7.33. The number of aliphatic hydroxyl groups is 3. The fraction of sp³-hybridized carbons (Fsp3) is 0.289. The Bertz CT molecular complexity index is 4270. The summed E-state index contributed by atoms with van der Waals surface area (Å²) in [6.07, 6.45) is 18.8. The van der Waals surface area contributed by atoms with Crippen molar-refractivity contribution in [2.24, 2.45) is 0 Å². The summed E-state index contributed by atoms with van der Waals surface area (Å²) in [7, 11) is -3.28. The van der Waals surface area contributed by atoms with E-state index in [0.29, 0.717) is 110 Å². The Labute approximate surface area is 647 Å². The molecular weight excluding hydrogens is 1450 g/mol. The third-order valence-corrected chi connectivity index (χ3v) is 16.2. The molecule has 10 aromatic rings. The molecule has 28 heteroatoms. The number of fused-ring (bicyclic) bond motifs is 1. The SMILES string of the molecule is CCOC(=O)/C=C/c1ncccc1OCc1ccccc1.CCOC(=O)CCc1ncccc1O.CCOC(=O)CP(=O)(OCC)OCC.O=Cc1ncccc1OCc1ccccc1.OCCCc1ncccc1O.OCc1ncccc1O.OCc1ncccc1OCc1ccccc1.c1cnc2c(c1)OCCC2. The summed E-state index contributed by atoms with van der Waals surface area (Å²) in [6.45, 7) is 12.1. The Morgan fingerprint density at radius 3 is 1.34 bits per heavy atom. The topological polar surface area (TPSA) is 380 Å². The van der Waals surface area contributed by atoms with Crippen LogP contribution in [0.15, 0.2) is 225 Å². The van der Waals surface area contributed by atoms with Gasteiger partial charge in [0.2, 0.25) is 0 Å². The second kappa shape index (κ2) is 56.4. The van der Waals surface area contributed by atoms with Gasteiger partial charge in [-0.3, -0.25) is 48.9 Å². The molecule has 11 rings (SSSR count). The van der Waals surface area contributed by atoms with E-state index in [0.717, 1.165) is 47.6 Å². The van der Waals surface area contributed by atoms with Crippen LogP contribution in [0.3, 0.4) is 0 Å². The van der Waals surface area contributed by atoms with Crippen LogP contribution in [0.5, 0.6) is 40.2 Å². The van der Waals surface area contributed by atoms with Gasteiger partial charge in [-0.15, -0.1) is 0 Å². The Kier molecular flexibility index (Phi) is 46.5. The molecule has 27 nitrogen and oxygen atoms in total. The van der Waals surface area contributed by atoms with Crippen LogP contribution in [0, 0.1) is 0 Å². The molecule has 8 heterocycles. The molecule has 0 radical (unpaired) electrons. The van der Waals surface area contributed by atoms with E-state index >= 15 is 0 Å². The molecule has 111 heavy (non-hydrogen) atoms. The number of hydrogen-bond donors (Lipinski definition) is 6. The highest BCUT2D eigenvalue weighted by Gasteiger charge is 2.28. The summed E-state index contributed by atoms with van der Waals surface area (Å²) >= 11 is 0. The van der Waals surface area contributed by atoms with Gasteiger partial charge < -0.3 is 72.8 Å². The fourth-order valence-corrected chi connectivity index (χ4v) is 10.5. The molecule has 1 aliphatic rings. The van der Waals surface area contributed by atoms with E-state index in [9.17, 15) is 34.0 Å². The van der Waals surface area contributed by atoms with Gasteiger partial charge in [0.25, 0.3) is 0 Å². The molecule has 0 atom stereocenters. The normalized spacial score (nSPS) is 10.7. The molecule has 1 aliphatic heterocycles. The number of benzene rings is 3. The lowest BCUT2D eigenvalue weighted by atomic mass is 10.2. The molecule has 0 saturated carbocycles. The minimum absolute atomic E-state index is 0.0417. The second-order valence-electron chi connectivity index (χ2n) is 22.4. The first kappa shape index (κ1) is 91.5. The van der Waals surface area contributed by atoms with Gasteiger partial charge in [0.15, 0.2) is 6.29 Å². The van der Waals surface area contributed by atoms with Gasteiger partial charge in [-0.25, -0.2) is 9.78 Å². The molecule has 7 aromatic heterocycles. The van der Waals surface area contributed by atoms with E-state index in [1.807, 2.05) is 121 Å². The number of hydrogen-bond acceptors (Lipinski definition) is 27. The Morgan fingerprint density at radius 2 is 0.883 bits per heavy atom. The molecule has 6 N–H and O–H groups in total. The number of pyridine rings is 7. The first-order chi connectivity index (χ1) is 54.1. The maximum absolute atomic E-state index is 11.8. The zero-order valence-electron chi connectivity index (χ0n) is 62.9. The van der Waals surface area contributed by atoms with Crippen molar-refractivity contribution in [2.45, 2.75) is 106 Å². The number of aldehydes is 1. The van der Waals surface area contributed by atoms with Crippen LogP contribution in [0.25, 0.3) is 6.08 Å². The predicted octanol–water partition coefficient (Wildman–Crippen LogP) is 13.4. The third kappa shape index (κ3) is 38.7. The number of aromatic hydroxyl groups is 3. The quantitative estimate of drug-likeness (QED) is 0.00833. The number of rotatable bonds is 29. The van der Waals surface area contributed by atoms with Crippen LogP contribution in [-0.2, 0) is 94.5 Å². The van der Waals surface area contributed by atoms with Crippen molar-refractivity contribution in [3.05, 3.63) is 282 Å². The van der Waals surface area contributed by atoms with Crippen molar-refractivity contribution >= 4 is 37.9 Å². The molecule has 0 aliphatic carbocycles. The van der Waals surface area contributed by atoms with E-state index in [1.165, 1.54) is 18.3 Å². The number of nitrogens with zero attached hydrogens (tertiary/aromatic N) is 7. The Hall–Kier alpha value is -11.8. The summed E-state index contributed by atoms with van der Waals surface area (Å²) < 4.78 is 58.1. The smallest absolute Gasteiger partial charge is 0.341 e. The molecule has 3 aromatic carbocycles. The molecule has 0 unspecified atom stereocenters. The zero-order valence-corrected chi connectivity index (χ0v) is 63.8. The molecule has 0 amide bonds. The predicted molar refractivity (Wildman–Crippen MR) is 416 cm³/mol. The molecule has 0 fully saturated rings. The van der Waals surface area contributed by atoms with Crippen molar-refractivity contribution in [2.75, 3.05) is 52.4 Å². The number of aryl methyl sites for hydroxylation is 3. The van der Waals surface area contributed by atoms with Crippen LogP contribution >= 0.6 is 7.60 Å². The Balaban J connectivity index is 0.000000271. The number of carbonyl (C=O) groups excluding carboxylic acids is 4. The highest BCUT2D eigenvalue weighted by atomic mass is 31.2. The summed E-state index contributed by atoms with van der Waals surface area (Å²) in [4.78, 5) is 72.0. The molecule has 590 valence electrons. The van der Waals surface area contributed by atoms with Crippen LogP contribution in [0.1, 0.15) is 115 Å². The average Bonchev–Trinajstić information content (AvgIpc) is 0.889. The second-order valence-corrected chi connectivity index (χ2v) is 24.5. The van der Waals surface area contributed by atoms with Crippen molar-refractivity contribution < 1.29 is 96.6 Å². The van der Waals surface area contributed by atoms with Gasteiger partial charge in [-0.05, 0) is 168 Å². The first-order valence-electron chi connectivity index (χ1n) is 35.7. The number of ether oxygens (including phenoxy) is 7. The van der Waals surface area contributed by atoms with E-state index < -0.39 is 19.5 Å². The minimum Gasteiger partial charge on any atom is -0.506 e. The van der Waals surface area contributed by atoms with Crippen LogP contribution in [0.4, 0.5) is 0 Å². The highest BCUT2D eigenvalue weighted by Crippen LogP contribution is 2.47. The molecule has 0 spiro atoms. The van der Waals surface area contributed by atoms with E-state index in [2.05, 4.69) is 39.6 Å². The zero-order chi connectivity index (χ0) is 80.4. The standard InChI is InChI=1S/C17H17NO3.C13H13NO2.C13H11NO2.C10H13NO3.C8H11NO2.C8H9NO.C8H17O5P.C6H7NO2/c1-2-20-17(19)11-10-15-16(9-6-12-18-15)21-13-14-7-4-3-5-8-14;2*15-9-12-13(7-4-8-14-12)16-10-11-5-2-1-3-6-11;1-2-14-10(13)6-5-8-9(12)4-3-7-11-8;10-6-2-3-7-8(11)4-1-5-9-7;1-4-8-7(9-5-1)3-2-6-10-8;1-4-11-8(9)7-14(10,12-5-2)13-6-3;8-4-5-6(9)2-1-3-7-5/h3-12H,2,13H2,1H3;1-8,15H,9-10H2;1-9H,10H2;3-4,7,12H,2,5-6H2,1H3;1,4-5,10-11H,2-3,6H2;1,4-5H,2-3,6H2;4-7H2,1-3H3;1-3,8-9H,4H2/b11-10+;;;;;;;. The lowest BCUT2D eigenvalue weighted by Gasteiger charge is -2.15. The van der Waals surface area contributed by atoms with Crippen molar-refractivity contribution in [1.29, 1.82) is 0 Å². The maximum Gasteiger partial charge on any atom is 0.341 e. The molecule has 0 saturated heterocycles. The van der Waals surface area contributed by atoms with E-state index in [-0.39, 0.29) is 75.4 Å². The van der Waals surface area contributed by atoms with Gasteiger partial charge >= 0.3 is 25.5 Å². The van der Waals surface area contributed by atoms with E-state index in [1.54, 1.807) is 126 Å². The molecule has 0 bridgehead atoms. The lowest BCUT2D eigenvalue weighted by molar-refractivity contribution is -0.143. The summed E-state index contributed by atoms with van der Waals surface area (Å²) in [5.74, 6) is 1.90. The maximum atomic E-state index is 11.8. The van der Waals surface area contributed by atoms with Crippen LogP contribution in [0.2, 0.25) is 0 Å². The third-order valence-electron chi connectivity index (χ3n) is 14.2. The fourth-order valence-electron chi connectivity index (χ4n) is 9.03. The molecular formula is C83H98N7O20P. The van der Waals surface area contributed by atoms with Crippen molar-refractivity contribution in [3.8, 4) is 40.2 Å².